The van der Waals surface area contributed by atoms with Crippen LogP contribution in [0.1, 0.15) is 20.3 Å². The molecule has 3 heteroatoms. The molecule has 0 bridgehead atoms. The fourth-order valence-corrected chi connectivity index (χ4v) is 2.74. The third-order valence-corrected chi connectivity index (χ3v) is 3.47. The molecule has 3 atom stereocenters. The molecule has 0 aromatic rings. The van der Waals surface area contributed by atoms with Gasteiger partial charge in [0.2, 0.25) is 0 Å². The van der Waals surface area contributed by atoms with Crippen molar-refractivity contribution < 1.29 is 9.57 Å². The van der Waals surface area contributed by atoms with Gasteiger partial charge in [-0.3, -0.25) is 4.84 Å². The second kappa shape index (κ2) is 3.54. The molecule has 2 aliphatic rings. The molecule has 3 unspecified atom stereocenters. The normalized spacial score (nSPS) is 38.5. The highest BCUT2D eigenvalue weighted by Gasteiger charge is 2.59. The first kappa shape index (κ1) is 9.97. The van der Waals surface area contributed by atoms with E-state index in [1.165, 1.54) is 0 Å². The van der Waals surface area contributed by atoms with Gasteiger partial charge in [-0.25, -0.2) is 0 Å². The Balaban J connectivity index is 1.89. The molecule has 1 N–H and O–H groups in total. The van der Waals surface area contributed by atoms with E-state index in [1.54, 1.807) is 0 Å². The molecule has 14 heavy (non-hydrogen) atoms. The molecule has 1 aliphatic carbocycles. The second-order valence-electron chi connectivity index (χ2n) is 4.65. The Morgan fingerprint density at radius 3 is 3.14 bits per heavy atom. The third kappa shape index (κ3) is 1.35. The minimum atomic E-state index is 0.162. The zero-order chi connectivity index (χ0) is 10.2. The second-order valence-corrected chi connectivity index (χ2v) is 4.65. The van der Waals surface area contributed by atoms with E-state index in [0.717, 1.165) is 13.0 Å². The number of hydrogen-bond donors (Lipinski definition) is 1. The number of ether oxygens (including phenoxy) is 1. The standard InChI is InChI=1S/C11H17NO2/c1-4-6-14-12-9-8-5-7-13-10(8)11(9,2)3/h1,8-10,12H,5-7H2,2-3H3. The quantitative estimate of drug-likeness (QED) is 0.413. The van der Waals surface area contributed by atoms with Crippen LogP contribution in [-0.2, 0) is 9.57 Å². The lowest BCUT2D eigenvalue weighted by Crippen LogP contribution is -2.65. The van der Waals surface area contributed by atoms with Crippen LogP contribution in [0, 0.1) is 23.7 Å². The SMILES string of the molecule is C#CCONC1C2CCOC2C1(C)C. The number of hydrogen-bond acceptors (Lipinski definition) is 3. The molecule has 1 heterocycles. The Morgan fingerprint density at radius 2 is 2.43 bits per heavy atom. The van der Waals surface area contributed by atoms with Crippen LogP contribution in [0.25, 0.3) is 0 Å². The molecule has 3 nitrogen and oxygen atoms in total. The average Bonchev–Trinajstić information content (AvgIpc) is 2.58. The number of terminal acetylenes is 1. The molecular formula is C11H17NO2. The van der Waals surface area contributed by atoms with Crippen molar-refractivity contribution in [2.24, 2.45) is 11.3 Å². The van der Waals surface area contributed by atoms with Crippen molar-refractivity contribution in [2.45, 2.75) is 32.4 Å². The van der Waals surface area contributed by atoms with Crippen LogP contribution in [0.15, 0.2) is 0 Å². The Hall–Kier alpha value is -0.560. The van der Waals surface area contributed by atoms with Crippen LogP contribution in [-0.4, -0.2) is 25.4 Å². The highest BCUT2D eigenvalue weighted by molar-refractivity contribution is 5.10. The highest BCUT2D eigenvalue weighted by Crippen LogP contribution is 2.51. The Morgan fingerprint density at radius 1 is 1.64 bits per heavy atom. The van der Waals surface area contributed by atoms with Gasteiger partial charge in [0, 0.05) is 24.0 Å². The van der Waals surface area contributed by atoms with Gasteiger partial charge in [0.15, 0.2) is 0 Å². The van der Waals surface area contributed by atoms with Crippen molar-refractivity contribution in [3.05, 3.63) is 0 Å². The molecule has 0 amide bonds. The van der Waals surface area contributed by atoms with Gasteiger partial charge in [0.25, 0.3) is 0 Å². The smallest absolute Gasteiger partial charge is 0.128 e. The number of fused-ring (bicyclic) bond motifs is 1. The largest absolute Gasteiger partial charge is 0.377 e. The first-order chi connectivity index (χ1) is 6.68. The van der Waals surface area contributed by atoms with Gasteiger partial charge in [0.1, 0.15) is 6.61 Å². The van der Waals surface area contributed by atoms with Gasteiger partial charge in [-0.15, -0.1) is 6.42 Å². The van der Waals surface area contributed by atoms with Gasteiger partial charge in [-0.05, 0) is 6.42 Å². The molecular weight excluding hydrogens is 178 g/mol. The van der Waals surface area contributed by atoms with Gasteiger partial charge in [-0.2, -0.15) is 5.48 Å². The predicted octanol–water partition coefficient (Wildman–Crippen LogP) is 0.954. The minimum Gasteiger partial charge on any atom is -0.377 e. The van der Waals surface area contributed by atoms with E-state index in [2.05, 4.69) is 25.2 Å². The first-order valence-corrected chi connectivity index (χ1v) is 5.10. The van der Waals surface area contributed by atoms with Crippen molar-refractivity contribution in [1.82, 2.24) is 5.48 Å². The maximum atomic E-state index is 5.67. The van der Waals surface area contributed by atoms with Crippen LogP contribution in [0.2, 0.25) is 0 Å². The highest BCUT2D eigenvalue weighted by atomic mass is 16.6. The molecule has 0 aromatic heterocycles. The first-order valence-electron chi connectivity index (χ1n) is 5.10. The summed E-state index contributed by atoms with van der Waals surface area (Å²) in [7, 11) is 0. The van der Waals surface area contributed by atoms with Crippen molar-refractivity contribution in [3.8, 4) is 12.3 Å². The van der Waals surface area contributed by atoms with Crippen LogP contribution in [0.4, 0.5) is 0 Å². The molecule has 2 fully saturated rings. The van der Waals surface area contributed by atoms with E-state index in [-0.39, 0.29) is 5.41 Å². The molecule has 0 aromatic carbocycles. The summed E-state index contributed by atoms with van der Waals surface area (Å²) in [5.41, 5.74) is 3.22. The van der Waals surface area contributed by atoms with E-state index in [9.17, 15) is 0 Å². The van der Waals surface area contributed by atoms with Crippen LogP contribution >= 0.6 is 0 Å². The number of hydroxylamine groups is 1. The lowest BCUT2D eigenvalue weighted by atomic mass is 9.58. The molecule has 1 saturated carbocycles. The summed E-state index contributed by atoms with van der Waals surface area (Å²) in [6.07, 6.45) is 6.64. The fourth-order valence-electron chi connectivity index (χ4n) is 2.74. The summed E-state index contributed by atoms with van der Waals surface area (Å²) >= 11 is 0. The molecule has 0 radical (unpaired) electrons. The molecule has 1 aliphatic heterocycles. The summed E-state index contributed by atoms with van der Waals surface area (Å²) in [6.45, 7) is 5.61. The zero-order valence-corrected chi connectivity index (χ0v) is 8.75. The summed E-state index contributed by atoms with van der Waals surface area (Å²) < 4.78 is 5.67. The number of nitrogens with one attached hydrogen (secondary N) is 1. The lowest BCUT2D eigenvalue weighted by molar-refractivity contribution is -0.156. The zero-order valence-electron chi connectivity index (χ0n) is 8.75. The monoisotopic (exact) mass is 195 g/mol. The van der Waals surface area contributed by atoms with E-state index < -0.39 is 0 Å². The Bertz CT molecular complexity index is 257. The molecule has 2 rings (SSSR count). The molecule has 1 saturated heterocycles. The van der Waals surface area contributed by atoms with Crippen LogP contribution in [0.3, 0.4) is 0 Å². The molecule has 0 spiro atoms. The van der Waals surface area contributed by atoms with E-state index in [1.807, 2.05) is 0 Å². The lowest BCUT2D eigenvalue weighted by Gasteiger charge is -2.54. The van der Waals surface area contributed by atoms with Gasteiger partial charge < -0.3 is 4.74 Å². The number of rotatable bonds is 3. The topological polar surface area (TPSA) is 30.5 Å². The van der Waals surface area contributed by atoms with E-state index >= 15 is 0 Å². The summed E-state index contributed by atoms with van der Waals surface area (Å²) in [4.78, 5) is 5.19. The average molecular weight is 195 g/mol. The van der Waals surface area contributed by atoms with Crippen molar-refractivity contribution in [3.63, 3.8) is 0 Å². The summed E-state index contributed by atoms with van der Waals surface area (Å²) in [5.74, 6) is 3.04. The van der Waals surface area contributed by atoms with Crippen molar-refractivity contribution in [2.75, 3.05) is 13.2 Å². The maximum Gasteiger partial charge on any atom is 0.128 e. The maximum absolute atomic E-state index is 5.67. The van der Waals surface area contributed by atoms with Crippen molar-refractivity contribution in [1.29, 1.82) is 0 Å². The van der Waals surface area contributed by atoms with Crippen LogP contribution in [0.5, 0.6) is 0 Å². The Labute approximate surface area is 85.1 Å². The van der Waals surface area contributed by atoms with Gasteiger partial charge in [0.05, 0.1) is 6.10 Å². The van der Waals surface area contributed by atoms with Crippen LogP contribution < -0.4 is 5.48 Å². The molecule has 78 valence electrons. The Kier molecular flexibility index (Phi) is 2.52. The summed E-state index contributed by atoms with van der Waals surface area (Å²) in [6, 6.07) is 0.378. The summed E-state index contributed by atoms with van der Waals surface area (Å²) in [5, 5.41) is 0. The third-order valence-electron chi connectivity index (χ3n) is 3.47. The minimum absolute atomic E-state index is 0.162. The van der Waals surface area contributed by atoms with Gasteiger partial charge >= 0.3 is 0 Å². The predicted molar refractivity (Wildman–Crippen MR) is 53.3 cm³/mol. The van der Waals surface area contributed by atoms with E-state index in [4.69, 9.17) is 16.0 Å². The van der Waals surface area contributed by atoms with Crippen molar-refractivity contribution >= 4 is 0 Å². The van der Waals surface area contributed by atoms with Gasteiger partial charge in [-0.1, -0.05) is 19.8 Å². The van der Waals surface area contributed by atoms with E-state index in [0.29, 0.717) is 24.7 Å². The fraction of sp³-hybridized carbons (Fsp3) is 0.818.